The second kappa shape index (κ2) is 4.90. The van der Waals surface area contributed by atoms with Gasteiger partial charge in [-0.15, -0.1) is 12.4 Å². The number of nitrogens with one attached hydrogen (secondary N) is 1. The number of nitrogens with zero attached hydrogens (tertiary/aromatic N) is 3. The van der Waals surface area contributed by atoms with Crippen LogP contribution >= 0.6 is 12.4 Å². The molecule has 1 atom stereocenters. The average molecular weight is 271 g/mol. The molecule has 100 valence electrons. The van der Waals surface area contributed by atoms with Crippen LogP contribution in [-0.2, 0) is 7.05 Å². The van der Waals surface area contributed by atoms with Gasteiger partial charge >= 0.3 is 0 Å². The predicted molar refractivity (Wildman–Crippen MR) is 70.9 cm³/mol. The minimum absolute atomic E-state index is 0. The summed E-state index contributed by atoms with van der Waals surface area (Å²) in [5.41, 5.74) is 1.03. The van der Waals surface area contributed by atoms with Crippen molar-refractivity contribution in [3.05, 3.63) is 18.0 Å². The van der Waals surface area contributed by atoms with Crippen molar-refractivity contribution in [2.24, 2.45) is 12.5 Å². The highest BCUT2D eigenvalue weighted by molar-refractivity contribution is 5.92. The van der Waals surface area contributed by atoms with Gasteiger partial charge in [-0.2, -0.15) is 5.10 Å². The zero-order valence-corrected chi connectivity index (χ0v) is 11.4. The standard InChI is InChI=1S/C12H18N4O.ClH/c1-15-10(2-5-14-15)11(17)16-7-4-12(9-16)3-6-13-8-12;/h2,5,13H,3-4,6-9H2,1H3;1H. The maximum atomic E-state index is 12.3. The molecule has 1 spiro atoms. The highest BCUT2D eigenvalue weighted by atomic mass is 35.5. The molecule has 3 heterocycles. The number of aromatic nitrogens is 2. The van der Waals surface area contributed by atoms with Gasteiger partial charge in [0.1, 0.15) is 5.69 Å². The lowest BCUT2D eigenvalue weighted by Gasteiger charge is -2.22. The topological polar surface area (TPSA) is 50.2 Å². The Morgan fingerprint density at radius 2 is 2.33 bits per heavy atom. The van der Waals surface area contributed by atoms with E-state index in [4.69, 9.17) is 0 Å². The van der Waals surface area contributed by atoms with Crippen LogP contribution in [0, 0.1) is 5.41 Å². The van der Waals surface area contributed by atoms with Crippen LogP contribution in [0.5, 0.6) is 0 Å². The quantitative estimate of drug-likeness (QED) is 0.816. The van der Waals surface area contributed by atoms with Gasteiger partial charge in [0.15, 0.2) is 0 Å². The molecule has 5 nitrogen and oxygen atoms in total. The molecule has 2 aliphatic rings. The number of amides is 1. The number of rotatable bonds is 1. The van der Waals surface area contributed by atoms with E-state index in [1.54, 1.807) is 16.9 Å². The fraction of sp³-hybridized carbons (Fsp3) is 0.667. The molecule has 1 aromatic rings. The number of carbonyl (C=O) groups is 1. The summed E-state index contributed by atoms with van der Waals surface area (Å²) < 4.78 is 1.65. The van der Waals surface area contributed by atoms with Crippen molar-refractivity contribution in [1.29, 1.82) is 0 Å². The van der Waals surface area contributed by atoms with Crippen LogP contribution in [0.1, 0.15) is 23.3 Å². The first-order valence-corrected chi connectivity index (χ1v) is 6.18. The first-order chi connectivity index (χ1) is 8.20. The van der Waals surface area contributed by atoms with Crippen LogP contribution in [0.2, 0.25) is 0 Å². The Bertz CT molecular complexity index is 439. The lowest BCUT2D eigenvalue weighted by Crippen LogP contribution is -2.34. The molecular formula is C12H19ClN4O. The number of hydrogen-bond acceptors (Lipinski definition) is 3. The molecule has 18 heavy (non-hydrogen) atoms. The van der Waals surface area contributed by atoms with Crippen LogP contribution in [0.4, 0.5) is 0 Å². The maximum absolute atomic E-state index is 12.3. The summed E-state index contributed by atoms with van der Waals surface area (Å²) in [7, 11) is 1.82. The molecule has 2 aliphatic heterocycles. The van der Waals surface area contributed by atoms with Crippen LogP contribution in [0.15, 0.2) is 12.3 Å². The number of aryl methyl sites for hydroxylation is 1. The molecule has 1 amide bonds. The van der Waals surface area contributed by atoms with E-state index in [9.17, 15) is 4.79 Å². The highest BCUT2D eigenvalue weighted by Gasteiger charge is 2.42. The van der Waals surface area contributed by atoms with E-state index < -0.39 is 0 Å². The van der Waals surface area contributed by atoms with E-state index in [1.807, 2.05) is 11.9 Å². The Labute approximate surface area is 113 Å². The lowest BCUT2D eigenvalue weighted by atomic mass is 9.87. The van der Waals surface area contributed by atoms with E-state index >= 15 is 0 Å². The fourth-order valence-corrected chi connectivity index (χ4v) is 3.00. The normalized spacial score (nSPS) is 26.6. The summed E-state index contributed by atoms with van der Waals surface area (Å²) in [6.07, 6.45) is 4.00. The Balaban J connectivity index is 0.00000120. The van der Waals surface area contributed by atoms with E-state index in [1.165, 1.54) is 6.42 Å². The minimum atomic E-state index is 0. The molecule has 1 aromatic heterocycles. The van der Waals surface area contributed by atoms with Gasteiger partial charge in [0.25, 0.3) is 5.91 Å². The summed E-state index contributed by atoms with van der Waals surface area (Å²) >= 11 is 0. The highest BCUT2D eigenvalue weighted by Crippen LogP contribution is 2.36. The van der Waals surface area contributed by atoms with Crippen molar-refractivity contribution in [3.63, 3.8) is 0 Å². The number of hydrogen-bond donors (Lipinski definition) is 1. The molecule has 2 fully saturated rings. The van der Waals surface area contributed by atoms with Gasteiger partial charge in [-0.25, -0.2) is 0 Å². The van der Waals surface area contributed by atoms with E-state index in [0.717, 1.165) is 32.6 Å². The molecule has 0 aromatic carbocycles. The van der Waals surface area contributed by atoms with Crippen LogP contribution < -0.4 is 5.32 Å². The number of carbonyl (C=O) groups excluding carboxylic acids is 1. The summed E-state index contributed by atoms with van der Waals surface area (Å²) in [4.78, 5) is 14.3. The van der Waals surface area contributed by atoms with Gasteiger partial charge in [-0.05, 0) is 25.5 Å². The average Bonchev–Trinajstić information content (AvgIpc) is 3.02. The molecule has 1 N–H and O–H groups in total. The van der Waals surface area contributed by atoms with Crippen LogP contribution in [-0.4, -0.2) is 46.8 Å². The van der Waals surface area contributed by atoms with Crippen molar-refractivity contribution >= 4 is 18.3 Å². The first kappa shape index (κ1) is 13.4. The first-order valence-electron chi connectivity index (χ1n) is 6.18. The second-order valence-corrected chi connectivity index (χ2v) is 5.24. The SMILES string of the molecule is Cl.Cn1nccc1C(=O)N1CCC2(CCNC2)C1. The van der Waals surface area contributed by atoms with Crippen molar-refractivity contribution in [3.8, 4) is 0 Å². The van der Waals surface area contributed by atoms with Gasteiger partial charge in [-0.1, -0.05) is 0 Å². The summed E-state index contributed by atoms with van der Waals surface area (Å²) in [6, 6.07) is 1.79. The van der Waals surface area contributed by atoms with Gasteiger partial charge < -0.3 is 10.2 Å². The minimum Gasteiger partial charge on any atom is -0.337 e. The maximum Gasteiger partial charge on any atom is 0.272 e. The zero-order chi connectivity index (χ0) is 11.9. The number of halogens is 1. The monoisotopic (exact) mass is 270 g/mol. The Morgan fingerprint density at radius 3 is 2.94 bits per heavy atom. The molecular weight excluding hydrogens is 252 g/mol. The van der Waals surface area contributed by atoms with Crippen molar-refractivity contribution < 1.29 is 4.79 Å². The van der Waals surface area contributed by atoms with Crippen LogP contribution in [0.25, 0.3) is 0 Å². The van der Waals surface area contributed by atoms with Crippen molar-refractivity contribution in [1.82, 2.24) is 20.0 Å². The summed E-state index contributed by atoms with van der Waals surface area (Å²) in [6.45, 7) is 3.92. The van der Waals surface area contributed by atoms with E-state index in [0.29, 0.717) is 11.1 Å². The number of likely N-dealkylation sites (tertiary alicyclic amines) is 1. The molecule has 0 saturated carbocycles. The molecule has 1 unspecified atom stereocenters. The Morgan fingerprint density at radius 1 is 1.50 bits per heavy atom. The van der Waals surface area contributed by atoms with Crippen molar-refractivity contribution in [2.75, 3.05) is 26.2 Å². The molecule has 3 rings (SSSR count). The van der Waals surface area contributed by atoms with Crippen molar-refractivity contribution in [2.45, 2.75) is 12.8 Å². The molecule has 0 aliphatic carbocycles. The Hall–Kier alpha value is -1.07. The molecule has 0 bridgehead atoms. The third-order valence-electron chi connectivity index (χ3n) is 4.10. The smallest absolute Gasteiger partial charge is 0.272 e. The predicted octanol–water partition coefficient (Wildman–Crippen LogP) is 0.667. The van der Waals surface area contributed by atoms with Gasteiger partial charge in [0, 0.05) is 38.3 Å². The fourth-order valence-electron chi connectivity index (χ4n) is 3.00. The lowest BCUT2D eigenvalue weighted by molar-refractivity contribution is 0.0765. The molecule has 0 radical (unpaired) electrons. The van der Waals surface area contributed by atoms with E-state index in [-0.39, 0.29) is 18.3 Å². The largest absolute Gasteiger partial charge is 0.337 e. The van der Waals surface area contributed by atoms with Crippen LogP contribution in [0.3, 0.4) is 0 Å². The Kier molecular flexibility index (Phi) is 3.64. The van der Waals surface area contributed by atoms with E-state index in [2.05, 4.69) is 10.4 Å². The molecule has 6 heteroatoms. The van der Waals surface area contributed by atoms with Gasteiger partial charge in [-0.3, -0.25) is 9.48 Å². The second-order valence-electron chi connectivity index (χ2n) is 5.24. The molecule has 2 saturated heterocycles. The summed E-state index contributed by atoms with van der Waals surface area (Å²) in [5.74, 6) is 0.119. The third-order valence-corrected chi connectivity index (χ3v) is 4.10. The third kappa shape index (κ3) is 2.12. The summed E-state index contributed by atoms with van der Waals surface area (Å²) in [5, 5.41) is 7.46. The zero-order valence-electron chi connectivity index (χ0n) is 10.6. The van der Waals surface area contributed by atoms with Gasteiger partial charge in [0.2, 0.25) is 0 Å². The van der Waals surface area contributed by atoms with Gasteiger partial charge in [0.05, 0.1) is 0 Å².